The van der Waals surface area contributed by atoms with E-state index < -0.39 is 0 Å². The first-order valence-corrected chi connectivity index (χ1v) is 3.82. The van der Waals surface area contributed by atoms with E-state index in [1.807, 2.05) is 19.1 Å². The van der Waals surface area contributed by atoms with Gasteiger partial charge in [-0.3, -0.25) is 4.79 Å². The summed E-state index contributed by atoms with van der Waals surface area (Å²) in [5, 5.41) is 0. The molecule has 0 saturated carbocycles. The number of ketones is 1. The zero-order valence-electron chi connectivity index (χ0n) is 6.67. The SMILES string of the molecule is CCC(=O)CC1=COCC=C1. The van der Waals surface area contributed by atoms with Gasteiger partial charge in [-0.2, -0.15) is 0 Å². The first kappa shape index (κ1) is 8.05. The predicted octanol–water partition coefficient (Wildman–Crippen LogP) is 1.83. The Morgan fingerprint density at radius 3 is 3.09 bits per heavy atom. The maximum Gasteiger partial charge on any atom is 0.137 e. The lowest BCUT2D eigenvalue weighted by Gasteiger charge is -2.05. The quantitative estimate of drug-likeness (QED) is 0.616. The van der Waals surface area contributed by atoms with Crippen LogP contribution in [0.2, 0.25) is 0 Å². The predicted molar refractivity (Wildman–Crippen MR) is 43.1 cm³/mol. The minimum Gasteiger partial charge on any atom is -0.497 e. The van der Waals surface area contributed by atoms with Crippen LogP contribution >= 0.6 is 0 Å². The molecule has 0 aromatic rings. The van der Waals surface area contributed by atoms with Crippen LogP contribution in [0.1, 0.15) is 19.8 Å². The smallest absolute Gasteiger partial charge is 0.137 e. The summed E-state index contributed by atoms with van der Waals surface area (Å²) in [6, 6.07) is 0. The van der Waals surface area contributed by atoms with E-state index in [2.05, 4.69) is 0 Å². The van der Waals surface area contributed by atoms with E-state index in [0.29, 0.717) is 19.4 Å². The molecule has 0 fully saturated rings. The lowest BCUT2D eigenvalue weighted by atomic mass is 10.1. The fourth-order valence-electron chi connectivity index (χ4n) is 0.903. The second-order valence-corrected chi connectivity index (χ2v) is 2.50. The van der Waals surface area contributed by atoms with Crippen LogP contribution in [-0.4, -0.2) is 12.4 Å². The first-order chi connectivity index (χ1) is 5.33. The van der Waals surface area contributed by atoms with E-state index in [9.17, 15) is 4.79 Å². The van der Waals surface area contributed by atoms with Crippen molar-refractivity contribution < 1.29 is 9.53 Å². The van der Waals surface area contributed by atoms with E-state index in [-0.39, 0.29) is 5.78 Å². The van der Waals surface area contributed by atoms with Gasteiger partial charge in [-0.05, 0) is 11.6 Å². The minimum atomic E-state index is 0.256. The van der Waals surface area contributed by atoms with Crippen molar-refractivity contribution in [3.8, 4) is 0 Å². The van der Waals surface area contributed by atoms with Crippen LogP contribution in [0.25, 0.3) is 0 Å². The second kappa shape index (κ2) is 3.96. The van der Waals surface area contributed by atoms with Crippen molar-refractivity contribution in [2.45, 2.75) is 19.8 Å². The monoisotopic (exact) mass is 152 g/mol. The number of hydrogen-bond acceptors (Lipinski definition) is 2. The molecule has 0 amide bonds. The molecule has 0 aromatic heterocycles. The Morgan fingerprint density at radius 1 is 1.73 bits per heavy atom. The van der Waals surface area contributed by atoms with E-state index in [1.165, 1.54) is 0 Å². The number of allylic oxidation sites excluding steroid dienone is 2. The number of rotatable bonds is 3. The lowest BCUT2D eigenvalue weighted by molar-refractivity contribution is -0.118. The Bertz CT molecular complexity index is 202. The molecule has 0 aliphatic carbocycles. The fourth-order valence-corrected chi connectivity index (χ4v) is 0.903. The van der Waals surface area contributed by atoms with Gasteiger partial charge < -0.3 is 4.74 Å². The summed E-state index contributed by atoms with van der Waals surface area (Å²) >= 11 is 0. The summed E-state index contributed by atoms with van der Waals surface area (Å²) in [5.74, 6) is 0.256. The third kappa shape index (κ3) is 2.58. The lowest BCUT2D eigenvalue weighted by Crippen LogP contribution is -1.99. The van der Waals surface area contributed by atoms with Crippen molar-refractivity contribution in [2.75, 3.05) is 6.61 Å². The maximum atomic E-state index is 10.9. The molecule has 11 heavy (non-hydrogen) atoms. The Balaban J connectivity index is 2.42. The molecule has 0 radical (unpaired) electrons. The third-order valence-electron chi connectivity index (χ3n) is 1.55. The van der Waals surface area contributed by atoms with Crippen LogP contribution in [0, 0.1) is 0 Å². The summed E-state index contributed by atoms with van der Waals surface area (Å²) < 4.78 is 5.03. The number of carbonyl (C=O) groups excluding carboxylic acids is 1. The van der Waals surface area contributed by atoms with Crippen LogP contribution in [0.5, 0.6) is 0 Å². The summed E-state index contributed by atoms with van der Waals surface area (Å²) in [4.78, 5) is 10.9. The number of hydrogen-bond donors (Lipinski definition) is 0. The average molecular weight is 152 g/mol. The van der Waals surface area contributed by atoms with E-state index in [4.69, 9.17) is 4.74 Å². The van der Waals surface area contributed by atoms with Gasteiger partial charge in [0, 0.05) is 12.8 Å². The molecule has 1 aliphatic rings. The van der Waals surface area contributed by atoms with Gasteiger partial charge in [0.1, 0.15) is 12.4 Å². The van der Waals surface area contributed by atoms with E-state index >= 15 is 0 Å². The highest BCUT2D eigenvalue weighted by atomic mass is 16.5. The average Bonchev–Trinajstić information content (AvgIpc) is 2.06. The summed E-state index contributed by atoms with van der Waals surface area (Å²) in [6.07, 6.45) is 6.63. The van der Waals surface area contributed by atoms with Crippen molar-refractivity contribution in [2.24, 2.45) is 0 Å². The molecule has 0 spiro atoms. The summed E-state index contributed by atoms with van der Waals surface area (Å²) in [7, 11) is 0. The zero-order chi connectivity index (χ0) is 8.10. The van der Waals surface area contributed by atoms with Gasteiger partial charge in [0.2, 0.25) is 0 Å². The minimum absolute atomic E-state index is 0.256. The molecule has 0 atom stereocenters. The van der Waals surface area contributed by atoms with Crippen LogP contribution in [0.3, 0.4) is 0 Å². The summed E-state index contributed by atoms with van der Waals surface area (Å²) in [6.45, 7) is 2.50. The normalized spacial score (nSPS) is 15.5. The molecule has 2 heteroatoms. The zero-order valence-corrected chi connectivity index (χ0v) is 6.67. The molecule has 1 aliphatic heterocycles. The molecular formula is C9H12O2. The maximum absolute atomic E-state index is 10.9. The molecular weight excluding hydrogens is 140 g/mol. The fraction of sp³-hybridized carbons (Fsp3) is 0.444. The Morgan fingerprint density at radius 2 is 2.55 bits per heavy atom. The molecule has 1 rings (SSSR count). The van der Waals surface area contributed by atoms with Crippen LogP contribution in [0.15, 0.2) is 24.0 Å². The molecule has 0 bridgehead atoms. The van der Waals surface area contributed by atoms with Crippen LogP contribution in [0.4, 0.5) is 0 Å². The second-order valence-electron chi connectivity index (χ2n) is 2.50. The molecule has 0 aromatic carbocycles. The molecule has 0 N–H and O–H groups in total. The largest absolute Gasteiger partial charge is 0.497 e. The molecule has 1 heterocycles. The Labute approximate surface area is 66.5 Å². The van der Waals surface area contributed by atoms with Gasteiger partial charge in [0.05, 0.1) is 6.26 Å². The van der Waals surface area contributed by atoms with Gasteiger partial charge in [0.15, 0.2) is 0 Å². The highest BCUT2D eigenvalue weighted by molar-refractivity contribution is 5.81. The van der Waals surface area contributed by atoms with Crippen molar-refractivity contribution in [1.82, 2.24) is 0 Å². The molecule has 2 nitrogen and oxygen atoms in total. The molecule has 0 unspecified atom stereocenters. The molecule has 0 saturated heterocycles. The van der Waals surface area contributed by atoms with Gasteiger partial charge in [-0.15, -0.1) is 0 Å². The van der Waals surface area contributed by atoms with Gasteiger partial charge in [-0.25, -0.2) is 0 Å². The number of Topliss-reactive ketones (excluding diaryl/α,β-unsaturated/α-hetero) is 1. The van der Waals surface area contributed by atoms with E-state index in [0.717, 1.165) is 5.57 Å². The van der Waals surface area contributed by atoms with Crippen molar-refractivity contribution >= 4 is 5.78 Å². The van der Waals surface area contributed by atoms with Gasteiger partial charge >= 0.3 is 0 Å². The highest BCUT2D eigenvalue weighted by Gasteiger charge is 2.03. The van der Waals surface area contributed by atoms with Crippen LogP contribution < -0.4 is 0 Å². The topological polar surface area (TPSA) is 26.3 Å². The highest BCUT2D eigenvalue weighted by Crippen LogP contribution is 2.09. The van der Waals surface area contributed by atoms with Gasteiger partial charge in [-0.1, -0.05) is 13.0 Å². The third-order valence-corrected chi connectivity index (χ3v) is 1.55. The van der Waals surface area contributed by atoms with Crippen molar-refractivity contribution in [3.05, 3.63) is 24.0 Å². The standard InChI is InChI=1S/C9H12O2/c1-2-9(10)6-8-4-3-5-11-7-8/h3-4,7H,2,5-6H2,1H3. The Kier molecular flexibility index (Phi) is 2.90. The van der Waals surface area contributed by atoms with Crippen LogP contribution in [-0.2, 0) is 9.53 Å². The van der Waals surface area contributed by atoms with Crippen molar-refractivity contribution in [3.63, 3.8) is 0 Å². The van der Waals surface area contributed by atoms with Gasteiger partial charge in [0.25, 0.3) is 0 Å². The first-order valence-electron chi connectivity index (χ1n) is 3.82. The number of ether oxygens (including phenoxy) is 1. The van der Waals surface area contributed by atoms with E-state index in [1.54, 1.807) is 6.26 Å². The molecule has 60 valence electrons. The summed E-state index contributed by atoms with van der Waals surface area (Å²) in [5.41, 5.74) is 0.975. The van der Waals surface area contributed by atoms with Crippen molar-refractivity contribution in [1.29, 1.82) is 0 Å². The Hall–Kier alpha value is -1.05. The number of carbonyl (C=O) groups is 1.